The zero-order valence-electron chi connectivity index (χ0n) is 12.8. The monoisotopic (exact) mass is 312 g/mol. The molecule has 1 rings (SSSR count). The molecule has 1 aromatic rings. The van der Waals surface area contributed by atoms with E-state index in [2.05, 4.69) is 0 Å². The maximum Gasteiger partial charge on any atom is 0.320 e. The molecule has 0 bridgehead atoms. The third-order valence-electron chi connectivity index (χ3n) is 3.25. The van der Waals surface area contributed by atoms with Gasteiger partial charge in [0.05, 0.1) is 0 Å². The summed E-state index contributed by atoms with van der Waals surface area (Å²) in [6, 6.07) is 4.73. The Morgan fingerprint density at radius 3 is 1.91 bits per heavy atom. The lowest BCUT2D eigenvalue weighted by atomic mass is 10.0. The molecule has 0 amide bonds. The molecule has 22 heavy (non-hydrogen) atoms. The second kappa shape index (κ2) is 9.75. The van der Waals surface area contributed by atoms with Crippen molar-refractivity contribution in [2.24, 2.45) is 17.4 Å². The third-order valence-corrected chi connectivity index (χ3v) is 3.25. The van der Waals surface area contributed by atoms with Gasteiger partial charge in [0.15, 0.2) is 0 Å². The number of nitrogens with two attached hydrogens (primary N) is 2. The van der Waals surface area contributed by atoms with Gasteiger partial charge in [-0.15, -0.1) is 0 Å². The molecule has 7 N–H and O–H groups in total. The normalized spacial score (nSPS) is 14.2. The smallest absolute Gasteiger partial charge is 0.320 e. The average molecular weight is 312 g/mol. The van der Waals surface area contributed by atoms with Gasteiger partial charge in [0.1, 0.15) is 17.8 Å². The number of phenols is 1. The Balaban J connectivity index is 0.000000433. The predicted molar refractivity (Wildman–Crippen MR) is 82.5 cm³/mol. The number of carbonyl (C=O) groups is 2. The van der Waals surface area contributed by atoms with E-state index >= 15 is 0 Å². The van der Waals surface area contributed by atoms with Crippen LogP contribution in [0.15, 0.2) is 24.3 Å². The summed E-state index contributed by atoms with van der Waals surface area (Å²) in [5.41, 5.74) is 11.4. The van der Waals surface area contributed by atoms with Gasteiger partial charge in [-0.2, -0.15) is 0 Å². The molecular weight excluding hydrogens is 288 g/mol. The van der Waals surface area contributed by atoms with Crippen molar-refractivity contribution in [1.29, 1.82) is 0 Å². The van der Waals surface area contributed by atoms with E-state index in [1.807, 2.05) is 13.8 Å². The summed E-state index contributed by atoms with van der Waals surface area (Å²) in [6.45, 7) is 3.76. The molecule has 0 aromatic heterocycles. The third kappa shape index (κ3) is 7.61. The highest BCUT2D eigenvalue weighted by Gasteiger charge is 2.17. The van der Waals surface area contributed by atoms with Gasteiger partial charge in [0.2, 0.25) is 0 Å². The minimum atomic E-state index is -1.02. The molecule has 0 aliphatic heterocycles. The molecule has 0 saturated heterocycles. The van der Waals surface area contributed by atoms with Crippen molar-refractivity contribution in [1.82, 2.24) is 0 Å². The first kappa shape index (κ1) is 19.9. The highest BCUT2D eigenvalue weighted by molar-refractivity contribution is 5.73. The quantitative estimate of drug-likeness (QED) is 0.521. The lowest BCUT2D eigenvalue weighted by Gasteiger charge is -2.11. The van der Waals surface area contributed by atoms with Crippen LogP contribution in [0.3, 0.4) is 0 Å². The number of carboxylic acid groups (broad SMARTS) is 2. The number of hydrogen-bond donors (Lipinski definition) is 5. The van der Waals surface area contributed by atoms with Gasteiger partial charge in [0.25, 0.3) is 0 Å². The average Bonchev–Trinajstić information content (AvgIpc) is 2.48. The summed E-state index contributed by atoms with van der Waals surface area (Å²) in [5.74, 6) is -1.70. The lowest BCUT2D eigenvalue weighted by Crippen LogP contribution is -2.36. The second-order valence-corrected chi connectivity index (χ2v) is 5.06. The molecular formula is C15H24N2O5. The number of aromatic hydroxyl groups is 1. The van der Waals surface area contributed by atoms with Crippen LogP contribution >= 0.6 is 0 Å². The largest absolute Gasteiger partial charge is 0.508 e. The molecule has 0 spiro atoms. The van der Waals surface area contributed by atoms with Crippen LogP contribution in [0.5, 0.6) is 5.75 Å². The Hall–Kier alpha value is -2.12. The summed E-state index contributed by atoms with van der Waals surface area (Å²) in [7, 11) is 0. The van der Waals surface area contributed by atoms with E-state index in [0.29, 0.717) is 0 Å². The zero-order chi connectivity index (χ0) is 17.3. The zero-order valence-corrected chi connectivity index (χ0v) is 12.8. The van der Waals surface area contributed by atoms with Crippen LogP contribution in [0, 0.1) is 5.92 Å². The number of hydrogen-bond acceptors (Lipinski definition) is 5. The van der Waals surface area contributed by atoms with Crippen LogP contribution in [0.25, 0.3) is 0 Å². The van der Waals surface area contributed by atoms with E-state index in [-0.39, 0.29) is 18.1 Å². The molecule has 3 atom stereocenters. The van der Waals surface area contributed by atoms with Gasteiger partial charge >= 0.3 is 11.9 Å². The fourth-order valence-electron chi connectivity index (χ4n) is 1.47. The molecule has 0 radical (unpaired) electrons. The van der Waals surface area contributed by atoms with Gasteiger partial charge < -0.3 is 26.8 Å². The number of aliphatic carboxylic acids is 2. The molecule has 0 aliphatic rings. The van der Waals surface area contributed by atoms with E-state index in [0.717, 1.165) is 12.0 Å². The minimum absolute atomic E-state index is 0.0718. The van der Waals surface area contributed by atoms with Crippen LogP contribution in [-0.4, -0.2) is 39.3 Å². The number of benzene rings is 1. The fourth-order valence-corrected chi connectivity index (χ4v) is 1.47. The lowest BCUT2D eigenvalue weighted by molar-refractivity contribution is -0.140. The van der Waals surface area contributed by atoms with Crippen LogP contribution in [0.1, 0.15) is 25.8 Å². The topological polar surface area (TPSA) is 147 Å². The standard InChI is InChI=1S/C9H11NO3.C6H13NO2/c10-8(9(12)13)5-6-1-3-7(11)4-2-6;1-3-4(2)5(7)6(8)9/h1-4,8,11H,5,10H2,(H,12,13);4-5H,3,7H2,1-2H3,(H,8,9)/t8-;4-,5-/m00/s1. The summed E-state index contributed by atoms with van der Waals surface area (Å²) >= 11 is 0. The van der Waals surface area contributed by atoms with Crippen LogP contribution < -0.4 is 11.5 Å². The van der Waals surface area contributed by atoms with Crippen molar-refractivity contribution in [3.63, 3.8) is 0 Å². The van der Waals surface area contributed by atoms with E-state index < -0.39 is 24.0 Å². The van der Waals surface area contributed by atoms with E-state index in [1.165, 1.54) is 12.1 Å². The Labute approximate surface area is 129 Å². The van der Waals surface area contributed by atoms with Crippen molar-refractivity contribution in [2.45, 2.75) is 38.8 Å². The van der Waals surface area contributed by atoms with Crippen LogP contribution in [0.2, 0.25) is 0 Å². The van der Waals surface area contributed by atoms with Crippen molar-refractivity contribution < 1.29 is 24.9 Å². The van der Waals surface area contributed by atoms with Gasteiger partial charge in [-0.05, 0) is 30.0 Å². The molecule has 0 unspecified atom stereocenters. The van der Waals surface area contributed by atoms with Crippen LogP contribution in [-0.2, 0) is 16.0 Å². The fraction of sp³-hybridized carbons (Fsp3) is 0.467. The summed E-state index contributed by atoms with van der Waals surface area (Å²) in [4.78, 5) is 20.6. The molecule has 124 valence electrons. The Bertz CT molecular complexity index is 475. The molecule has 7 heteroatoms. The van der Waals surface area contributed by atoms with Gasteiger partial charge in [-0.3, -0.25) is 9.59 Å². The Morgan fingerprint density at radius 2 is 1.59 bits per heavy atom. The van der Waals surface area contributed by atoms with Gasteiger partial charge in [-0.25, -0.2) is 0 Å². The molecule has 0 saturated carbocycles. The summed E-state index contributed by atoms with van der Waals surface area (Å²) < 4.78 is 0. The van der Waals surface area contributed by atoms with E-state index in [1.54, 1.807) is 12.1 Å². The van der Waals surface area contributed by atoms with Gasteiger partial charge in [0, 0.05) is 0 Å². The highest BCUT2D eigenvalue weighted by Crippen LogP contribution is 2.10. The highest BCUT2D eigenvalue weighted by atomic mass is 16.4. The number of rotatable bonds is 6. The van der Waals surface area contributed by atoms with E-state index in [9.17, 15) is 9.59 Å². The number of carboxylic acids is 2. The minimum Gasteiger partial charge on any atom is -0.508 e. The van der Waals surface area contributed by atoms with Crippen LogP contribution in [0.4, 0.5) is 0 Å². The Morgan fingerprint density at radius 1 is 1.09 bits per heavy atom. The van der Waals surface area contributed by atoms with Crippen molar-refractivity contribution in [2.75, 3.05) is 0 Å². The van der Waals surface area contributed by atoms with Crippen molar-refractivity contribution in [3.8, 4) is 5.75 Å². The predicted octanol–water partition coefficient (Wildman–Crippen LogP) is 0.791. The first-order chi connectivity index (χ1) is 10.2. The van der Waals surface area contributed by atoms with Gasteiger partial charge in [-0.1, -0.05) is 32.4 Å². The molecule has 7 nitrogen and oxygen atoms in total. The maximum atomic E-state index is 10.4. The summed E-state index contributed by atoms with van der Waals surface area (Å²) in [5, 5.41) is 25.8. The Kier molecular flexibility index (Phi) is 8.81. The van der Waals surface area contributed by atoms with Crippen molar-refractivity contribution >= 4 is 11.9 Å². The summed E-state index contributed by atoms with van der Waals surface area (Å²) in [6.07, 6.45) is 1.09. The molecule has 0 fully saturated rings. The molecule has 1 aromatic carbocycles. The molecule has 0 aliphatic carbocycles. The maximum absolute atomic E-state index is 10.4. The number of phenolic OH excluding ortho intramolecular Hbond substituents is 1. The molecule has 0 heterocycles. The van der Waals surface area contributed by atoms with Crippen molar-refractivity contribution in [3.05, 3.63) is 29.8 Å². The SMILES string of the molecule is CC[C@H](C)[C@H](N)C(=O)O.N[C@@H](Cc1ccc(O)cc1)C(=O)O. The van der Waals surface area contributed by atoms with E-state index in [4.69, 9.17) is 26.8 Å². The first-order valence-corrected chi connectivity index (χ1v) is 6.93. The second-order valence-electron chi connectivity index (χ2n) is 5.06. The first-order valence-electron chi connectivity index (χ1n) is 6.93.